The fourth-order valence-corrected chi connectivity index (χ4v) is 4.99. The summed E-state index contributed by atoms with van der Waals surface area (Å²) in [4.78, 5) is 32.1. The first-order valence-electron chi connectivity index (χ1n) is 13.5. The monoisotopic (exact) mass is 576 g/mol. The van der Waals surface area contributed by atoms with E-state index in [4.69, 9.17) is 4.42 Å². The summed E-state index contributed by atoms with van der Waals surface area (Å²) in [5.74, 6) is -1.37. The standard InChI is InChI=1S/C30H27F3N6O3/c31-30(32,33)26-23(19-39(37-26)22-14-8-3-9-15-22)27(40)35-16-17-38(28(41)21-12-6-2-7-13-21)29-36-24(18-34)25(42-29)20-10-4-1-5-11-20/h1,3-5,8-11,14-15,19,21H,2,6-7,12-13,16-17H2,(H,35,40). The summed E-state index contributed by atoms with van der Waals surface area (Å²) in [5, 5.41) is 15.8. The van der Waals surface area contributed by atoms with E-state index < -0.39 is 23.3 Å². The molecule has 2 amide bonds. The van der Waals surface area contributed by atoms with Crippen LogP contribution in [-0.2, 0) is 11.0 Å². The first kappa shape index (κ1) is 28.6. The largest absolute Gasteiger partial charge is 0.435 e. The maximum Gasteiger partial charge on any atom is 0.435 e. The van der Waals surface area contributed by atoms with E-state index in [-0.39, 0.29) is 42.4 Å². The number of para-hydroxylation sites is 1. The van der Waals surface area contributed by atoms with E-state index >= 15 is 0 Å². The van der Waals surface area contributed by atoms with Gasteiger partial charge in [-0.2, -0.15) is 28.5 Å². The zero-order valence-corrected chi connectivity index (χ0v) is 22.5. The lowest BCUT2D eigenvalue weighted by molar-refractivity contribution is -0.141. The van der Waals surface area contributed by atoms with Crippen molar-refractivity contribution >= 4 is 17.8 Å². The van der Waals surface area contributed by atoms with Crippen molar-refractivity contribution in [1.82, 2.24) is 20.1 Å². The SMILES string of the molecule is N#Cc1nc(N(CCNC(=O)c2cn(-c3ccccc3)nc2C(F)(F)F)C(=O)C2CCCCC2)oc1-c1ccccc1. The van der Waals surface area contributed by atoms with E-state index in [0.29, 0.717) is 24.1 Å². The molecule has 12 heteroatoms. The molecule has 0 unspecified atom stereocenters. The minimum atomic E-state index is -4.87. The molecule has 1 saturated carbocycles. The number of rotatable bonds is 8. The Morgan fingerprint density at radius 2 is 1.71 bits per heavy atom. The topological polar surface area (TPSA) is 117 Å². The number of aromatic nitrogens is 3. The molecule has 0 atom stereocenters. The van der Waals surface area contributed by atoms with Crippen LogP contribution in [0.4, 0.5) is 19.2 Å². The van der Waals surface area contributed by atoms with Gasteiger partial charge in [0.25, 0.3) is 5.91 Å². The van der Waals surface area contributed by atoms with Crippen LogP contribution in [0.1, 0.15) is 53.8 Å². The van der Waals surface area contributed by atoms with Gasteiger partial charge in [0.2, 0.25) is 5.91 Å². The van der Waals surface area contributed by atoms with E-state index in [1.807, 2.05) is 12.1 Å². The Kier molecular flexibility index (Phi) is 8.38. The molecule has 1 fully saturated rings. The highest BCUT2D eigenvalue weighted by Gasteiger charge is 2.39. The third kappa shape index (κ3) is 6.20. The highest BCUT2D eigenvalue weighted by atomic mass is 19.4. The fraction of sp³-hybridized carbons (Fsp3) is 0.300. The second kappa shape index (κ2) is 12.3. The van der Waals surface area contributed by atoms with Crippen molar-refractivity contribution < 1.29 is 27.2 Å². The van der Waals surface area contributed by atoms with Crippen molar-refractivity contribution in [3.8, 4) is 23.1 Å². The average Bonchev–Trinajstić information content (AvgIpc) is 3.66. The minimum Gasteiger partial charge on any atom is -0.422 e. The van der Waals surface area contributed by atoms with Crippen LogP contribution in [0, 0.1) is 17.2 Å². The van der Waals surface area contributed by atoms with Crippen molar-refractivity contribution in [2.24, 2.45) is 5.92 Å². The van der Waals surface area contributed by atoms with E-state index in [0.717, 1.165) is 30.1 Å². The van der Waals surface area contributed by atoms with Crippen LogP contribution in [0.15, 0.2) is 71.3 Å². The van der Waals surface area contributed by atoms with E-state index in [1.165, 1.54) is 4.90 Å². The Bertz CT molecular complexity index is 1590. The third-order valence-corrected chi connectivity index (χ3v) is 7.08. The Morgan fingerprint density at radius 3 is 2.36 bits per heavy atom. The number of carbonyl (C=O) groups is 2. The number of amides is 2. The van der Waals surface area contributed by atoms with Gasteiger partial charge in [0, 0.05) is 30.8 Å². The van der Waals surface area contributed by atoms with Gasteiger partial charge in [-0.3, -0.25) is 14.5 Å². The van der Waals surface area contributed by atoms with Crippen LogP contribution in [-0.4, -0.2) is 39.7 Å². The van der Waals surface area contributed by atoms with Crippen LogP contribution in [0.25, 0.3) is 17.0 Å². The summed E-state index contributed by atoms with van der Waals surface area (Å²) in [7, 11) is 0. The number of nitriles is 1. The predicted molar refractivity (Wildman–Crippen MR) is 146 cm³/mol. The Labute approximate surface area is 239 Å². The van der Waals surface area contributed by atoms with Crippen molar-refractivity contribution in [1.29, 1.82) is 5.26 Å². The second-order valence-corrected chi connectivity index (χ2v) is 9.90. The summed E-state index contributed by atoms with van der Waals surface area (Å²) in [5.41, 5.74) is -1.02. The van der Waals surface area contributed by atoms with Crippen molar-refractivity contribution in [2.75, 3.05) is 18.0 Å². The normalized spacial score (nSPS) is 13.9. The molecule has 9 nitrogen and oxygen atoms in total. The van der Waals surface area contributed by atoms with Crippen LogP contribution in [0.3, 0.4) is 0 Å². The first-order valence-corrected chi connectivity index (χ1v) is 13.5. The fourth-order valence-electron chi connectivity index (χ4n) is 4.99. The van der Waals surface area contributed by atoms with Gasteiger partial charge in [-0.25, -0.2) is 4.68 Å². The predicted octanol–water partition coefficient (Wildman–Crippen LogP) is 5.76. The molecule has 2 aromatic carbocycles. The molecule has 0 bridgehead atoms. The Balaban J connectivity index is 1.39. The molecule has 1 aliphatic carbocycles. The third-order valence-electron chi connectivity index (χ3n) is 7.08. The first-order chi connectivity index (χ1) is 20.3. The van der Waals surface area contributed by atoms with Gasteiger partial charge in [-0.1, -0.05) is 67.8 Å². The quantitative estimate of drug-likeness (QED) is 0.285. The van der Waals surface area contributed by atoms with Crippen LogP contribution < -0.4 is 10.2 Å². The lowest BCUT2D eigenvalue weighted by atomic mass is 9.88. The molecular formula is C30H27F3N6O3. The molecule has 0 radical (unpaired) electrons. The smallest absolute Gasteiger partial charge is 0.422 e. The Hall–Kier alpha value is -4.92. The van der Waals surface area contributed by atoms with Crippen molar-refractivity contribution in [3.63, 3.8) is 0 Å². The van der Waals surface area contributed by atoms with Crippen LogP contribution in [0.5, 0.6) is 0 Å². The number of halogens is 3. The molecule has 4 aromatic rings. The zero-order chi connectivity index (χ0) is 29.7. The number of hydrogen-bond donors (Lipinski definition) is 1. The van der Waals surface area contributed by atoms with E-state index in [2.05, 4.69) is 15.4 Å². The summed E-state index contributed by atoms with van der Waals surface area (Å²) >= 11 is 0. The number of nitrogens with zero attached hydrogens (tertiary/aromatic N) is 5. The average molecular weight is 577 g/mol. The molecule has 1 N–H and O–H groups in total. The van der Waals surface area contributed by atoms with E-state index in [9.17, 15) is 28.0 Å². The summed E-state index contributed by atoms with van der Waals surface area (Å²) in [6.45, 7) is -0.328. The van der Waals surface area contributed by atoms with Crippen molar-refractivity contribution in [2.45, 2.75) is 38.3 Å². The molecule has 0 spiro atoms. The molecule has 216 valence electrons. The minimum absolute atomic E-state index is 0.00942. The number of carbonyl (C=O) groups excluding carboxylic acids is 2. The Morgan fingerprint density at radius 1 is 1.05 bits per heavy atom. The lowest BCUT2D eigenvalue weighted by Gasteiger charge is -2.27. The molecule has 0 aliphatic heterocycles. The highest BCUT2D eigenvalue weighted by Crippen LogP contribution is 2.33. The van der Waals surface area contributed by atoms with Crippen molar-refractivity contribution in [3.05, 3.63) is 83.8 Å². The molecule has 0 saturated heterocycles. The van der Waals surface area contributed by atoms with Gasteiger partial charge >= 0.3 is 12.2 Å². The molecule has 42 heavy (non-hydrogen) atoms. The number of oxazole rings is 1. The maximum absolute atomic E-state index is 13.8. The summed E-state index contributed by atoms with van der Waals surface area (Å²) in [6, 6.07) is 18.9. The van der Waals surface area contributed by atoms with Gasteiger partial charge in [-0.15, -0.1) is 0 Å². The van der Waals surface area contributed by atoms with Gasteiger partial charge in [0.1, 0.15) is 6.07 Å². The molecule has 5 rings (SSSR count). The zero-order valence-electron chi connectivity index (χ0n) is 22.5. The number of benzene rings is 2. The van der Waals surface area contributed by atoms with Crippen LogP contribution in [0.2, 0.25) is 0 Å². The van der Waals surface area contributed by atoms with Gasteiger partial charge in [0.15, 0.2) is 17.1 Å². The lowest BCUT2D eigenvalue weighted by Crippen LogP contribution is -2.42. The number of alkyl halides is 3. The molecular weight excluding hydrogens is 549 g/mol. The number of hydrogen-bond acceptors (Lipinski definition) is 6. The summed E-state index contributed by atoms with van der Waals surface area (Å²) in [6.07, 6.45) is 0.300. The second-order valence-electron chi connectivity index (χ2n) is 9.90. The van der Waals surface area contributed by atoms with Gasteiger partial charge < -0.3 is 9.73 Å². The van der Waals surface area contributed by atoms with Crippen LogP contribution >= 0.6 is 0 Å². The number of anilines is 1. The molecule has 2 aromatic heterocycles. The van der Waals surface area contributed by atoms with Gasteiger partial charge in [-0.05, 0) is 25.0 Å². The summed E-state index contributed by atoms with van der Waals surface area (Å²) < 4.78 is 48.3. The molecule has 2 heterocycles. The maximum atomic E-state index is 13.8. The van der Waals surface area contributed by atoms with E-state index in [1.54, 1.807) is 54.6 Å². The highest BCUT2D eigenvalue weighted by molar-refractivity contribution is 5.96. The number of nitrogens with one attached hydrogen (secondary N) is 1. The molecule has 1 aliphatic rings. The van der Waals surface area contributed by atoms with Gasteiger partial charge in [0.05, 0.1) is 11.3 Å².